The van der Waals surface area contributed by atoms with Crippen molar-refractivity contribution in [3.05, 3.63) is 47.5 Å². The zero-order valence-electron chi connectivity index (χ0n) is 14.0. The second kappa shape index (κ2) is 6.58. The minimum absolute atomic E-state index is 0.0622. The number of esters is 2. The molecule has 0 aromatic heterocycles. The normalized spacial score (nSPS) is 28.1. The number of halogens is 2. The highest BCUT2D eigenvalue weighted by molar-refractivity contribution is 5.89. The van der Waals surface area contributed by atoms with Gasteiger partial charge in [0.25, 0.3) is 0 Å². The fourth-order valence-corrected chi connectivity index (χ4v) is 3.82. The second-order valence-electron chi connectivity index (χ2n) is 6.95. The number of ether oxygens (including phenoxy) is 2. The summed E-state index contributed by atoms with van der Waals surface area (Å²) in [5, 5.41) is 0. The van der Waals surface area contributed by atoms with Crippen LogP contribution in [-0.4, -0.2) is 24.6 Å². The summed E-state index contributed by atoms with van der Waals surface area (Å²) in [6, 6.07) is 2.69. The molecule has 2 bridgehead atoms. The number of fused-ring (bicyclic) bond motifs is 3. The van der Waals surface area contributed by atoms with E-state index in [2.05, 4.69) is 4.74 Å². The third-order valence-corrected chi connectivity index (χ3v) is 5.42. The highest BCUT2D eigenvalue weighted by Crippen LogP contribution is 2.54. The predicted octanol–water partition coefficient (Wildman–Crippen LogP) is 3.94. The Labute approximate surface area is 144 Å². The molecule has 0 amide bonds. The van der Waals surface area contributed by atoms with E-state index in [9.17, 15) is 18.4 Å². The van der Waals surface area contributed by atoms with Crippen LogP contribution >= 0.6 is 0 Å². The first-order valence-electron chi connectivity index (χ1n) is 8.32. The van der Waals surface area contributed by atoms with Gasteiger partial charge < -0.3 is 9.47 Å². The smallest absolute Gasteiger partial charge is 0.338 e. The molecule has 3 saturated carbocycles. The van der Waals surface area contributed by atoms with E-state index in [0.717, 1.165) is 37.5 Å². The molecule has 0 atom stereocenters. The molecule has 0 aliphatic heterocycles. The van der Waals surface area contributed by atoms with E-state index in [1.165, 1.54) is 13.2 Å². The molecule has 6 heteroatoms. The Balaban J connectivity index is 1.67. The molecule has 1 aromatic rings. The molecular formula is C19H20F2O4. The van der Waals surface area contributed by atoms with Crippen molar-refractivity contribution in [2.45, 2.75) is 44.1 Å². The monoisotopic (exact) mass is 350 g/mol. The SMILES string of the molecule is COC(=O)/C=C/C12CCC(OC(=O)c3cc(F)cc(F)c3)(CC1)CC2. The Morgan fingerprint density at radius 2 is 1.56 bits per heavy atom. The lowest BCUT2D eigenvalue weighted by Crippen LogP contribution is -2.48. The van der Waals surface area contributed by atoms with Gasteiger partial charge in [-0.1, -0.05) is 6.08 Å². The molecule has 3 aliphatic carbocycles. The summed E-state index contributed by atoms with van der Waals surface area (Å²) in [6.07, 6.45) is 7.76. The van der Waals surface area contributed by atoms with Gasteiger partial charge in [0.1, 0.15) is 17.2 Å². The van der Waals surface area contributed by atoms with Crippen LogP contribution in [0.25, 0.3) is 0 Å². The summed E-state index contributed by atoms with van der Waals surface area (Å²) < 4.78 is 36.9. The molecule has 0 saturated heterocycles. The van der Waals surface area contributed by atoms with Crippen molar-refractivity contribution in [2.24, 2.45) is 5.41 Å². The third-order valence-electron chi connectivity index (χ3n) is 5.42. The van der Waals surface area contributed by atoms with E-state index in [4.69, 9.17) is 4.74 Å². The highest BCUT2D eigenvalue weighted by Gasteiger charge is 2.49. The van der Waals surface area contributed by atoms with Gasteiger partial charge in [-0.2, -0.15) is 0 Å². The maximum Gasteiger partial charge on any atom is 0.338 e. The largest absolute Gasteiger partial charge is 0.466 e. The van der Waals surface area contributed by atoms with Crippen LogP contribution in [0.5, 0.6) is 0 Å². The van der Waals surface area contributed by atoms with E-state index in [1.54, 1.807) is 0 Å². The first kappa shape index (κ1) is 17.6. The van der Waals surface area contributed by atoms with E-state index in [1.807, 2.05) is 6.08 Å². The summed E-state index contributed by atoms with van der Waals surface area (Å²) in [5.41, 5.74) is -0.756. The summed E-state index contributed by atoms with van der Waals surface area (Å²) in [4.78, 5) is 23.6. The Morgan fingerprint density at radius 3 is 2.08 bits per heavy atom. The maximum atomic E-state index is 13.3. The van der Waals surface area contributed by atoms with Crippen LogP contribution in [0.1, 0.15) is 48.9 Å². The number of hydrogen-bond donors (Lipinski definition) is 0. The van der Waals surface area contributed by atoms with E-state index in [0.29, 0.717) is 19.3 Å². The molecule has 0 heterocycles. The molecule has 4 rings (SSSR count). The molecule has 0 unspecified atom stereocenters. The number of methoxy groups -OCH3 is 1. The topological polar surface area (TPSA) is 52.6 Å². The third kappa shape index (κ3) is 3.72. The van der Waals surface area contributed by atoms with Crippen molar-refractivity contribution in [3.63, 3.8) is 0 Å². The van der Waals surface area contributed by atoms with E-state index >= 15 is 0 Å². The fraction of sp³-hybridized carbons (Fsp3) is 0.474. The van der Waals surface area contributed by atoms with Crippen LogP contribution in [-0.2, 0) is 14.3 Å². The second-order valence-corrected chi connectivity index (χ2v) is 6.95. The maximum absolute atomic E-state index is 13.3. The van der Waals surface area contributed by atoms with Gasteiger partial charge in [-0.15, -0.1) is 0 Å². The zero-order chi connectivity index (χ0) is 18.1. The molecule has 0 N–H and O–H groups in total. The zero-order valence-corrected chi connectivity index (χ0v) is 14.0. The Morgan fingerprint density at radius 1 is 1.00 bits per heavy atom. The highest BCUT2D eigenvalue weighted by atomic mass is 19.1. The summed E-state index contributed by atoms with van der Waals surface area (Å²) >= 11 is 0. The van der Waals surface area contributed by atoms with Gasteiger partial charge in [-0.05, 0) is 56.1 Å². The average molecular weight is 350 g/mol. The van der Waals surface area contributed by atoms with Crippen molar-refractivity contribution in [2.75, 3.05) is 7.11 Å². The molecule has 3 aliphatic rings. The first-order valence-corrected chi connectivity index (χ1v) is 8.32. The predicted molar refractivity (Wildman–Crippen MR) is 85.8 cm³/mol. The van der Waals surface area contributed by atoms with Crippen LogP contribution in [0.3, 0.4) is 0 Å². The van der Waals surface area contributed by atoms with E-state index in [-0.39, 0.29) is 16.9 Å². The molecular weight excluding hydrogens is 330 g/mol. The first-order chi connectivity index (χ1) is 11.9. The van der Waals surface area contributed by atoms with Crippen molar-refractivity contribution in [1.82, 2.24) is 0 Å². The molecule has 0 spiro atoms. The molecule has 25 heavy (non-hydrogen) atoms. The van der Waals surface area contributed by atoms with Crippen molar-refractivity contribution in [3.8, 4) is 0 Å². The van der Waals surface area contributed by atoms with Gasteiger partial charge in [-0.3, -0.25) is 0 Å². The lowest BCUT2D eigenvalue weighted by molar-refractivity contribution is -0.135. The van der Waals surface area contributed by atoms with Crippen molar-refractivity contribution < 1.29 is 27.8 Å². The molecule has 3 fully saturated rings. The van der Waals surface area contributed by atoms with Gasteiger partial charge in [0.15, 0.2) is 0 Å². The van der Waals surface area contributed by atoms with Gasteiger partial charge in [0.05, 0.1) is 12.7 Å². The standard InChI is InChI=1S/C19H20F2O4/c1-24-16(22)2-3-18-4-7-19(8-5-18,9-6-18)25-17(23)13-10-14(20)12-15(21)11-13/h2-3,10-12H,4-9H2,1H3/b3-2+. The number of rotatable bonds is 4. The molecule has 4 nitrogen and oxygen atoms in total. The molecule has 134 valence electrons. The quantitative estimate of drug-likeness (QED) is 0.610. The summed E-state index contributed by atoms with van der Waals surface area (Å²) in [6.45, 7) is 0. The summed E-state index contributed by atoms with van der Waals surface area (Å²) in [7, 11) is 1.34. The van der Waals surface area contributed by atoms with Gasteiger partial charge in [0, 0.05) is 12.1 Å². The lowest BCUT2D eigenvalue weighted by Gasteiger charge is -2.51. The lowest BCUT2D eigenvalue weighted by atomic mass is 9.58. The van der Waals surface area contributed by atoms with Crippen LogP contribution < -0.4 is 0 Å². The Hall–Kier alpha value is -2.24. The summed E-state index contributed by atoms with van der Waals surface area (Å²) in [5.74, 6) is -2.68. The molecule has 1 aromatic carbocycles. The average Bonchev–Trinajstić information content (AvgIpc) is 2.60. The van der Waals surface area contributed by atoms with Crippen LogP contribution in [0.2, 0.25) is 0 Å². The molecule has 0 radical (unpaired) electrons. The number of hydrogen-bond acceptors (Lipinski definition) is 4. The van der Waals surface area contributed by atoms with Crippen LogP contribution in [0, 0.1) is 17.0 Å². The minimum atomic E-state index is -0.802. The Bertz CT molecular complexity index is 681. The van der Waals surface area contributed by atoms with E-state index < -0.39 is 23.2 Å². The van der Waals surface area contributed by atoms with Crippen molar-refractivity contribution in [1.29, 1.82) is 0 Å². The van der Waals surface area contributed by atoms with Crippen LogP contribution in [0.15, 0.2) is 30.4 Å². The Kier molecular flexibility index (Phi) is 4.62. The van der Waals surface area contributed by atoms with Gasteiger partial charge >= 0.3 is 11.9 Å². The minimum Gasteiger partial charge on any atom is -0.466 e. The number of carbonyl (C=O) groups is 2. The van der Waals surface area contributed by atoms with Crippen LogP contribution in [0.4, 0.5) is 8.78 Å². The number of carbonyl (C=O) groups excluding carboxylic acids is 2. The number of benzene rings is 1. The fourth-order valence-electron chi connectivity index (χ4n) is 3.82. The number of allylic oxidation sites excluding steroid dienone is 1. The van der Waals surface area contributed by atoms with Crippen molar-refractivity contribution >= 4 is 11.9 Å². The van der Waals surface area contributed by atoms with Gasteiger partial charge in [-0.25, -0.2) is 18.4 Å². The van der Waals surface area contributed by atoms with Gasteiger partial charge in [0.2, 0.25) is 0 Å².